The van der Waals surface area contributed by atoms with Crippen LogP contribution in [0.15, 0.2) is 36.4 Å². The number of ether oxygens (including phenoxy) is 1. The third-order valence-electron chi connectivity index (χ3n) is 4.97. The molecule has 0 aromatic heterocycles. The number of hydrogen-bond donors (Lipinski definition) is 1. The molecule has 0 fully saturated rings. The van der Waals surface area contributed by atoms with Crippen LogP contribution in [0.25, 0.3) is 6.08 Å². The molecule has 1 heterocycles. The first-order chi connectivity index (χ1) is 11.8. The van der Waals surface area contributed by atoms with Gasteiger partial charge < -0.3 is 10.1 Å². The lowest BCUT2D eigenvalue weighted by Crippen LogP contribution is -2.27. The standard InChI is InChI=1S/C22H25NO2/c1-14-15(2)21-19(16(3)20(14)23-17(4)24)13-22(5,25-21)12-11-18-9-7-6-8-10-18/h6-12H,13H2,1-5H3,(H,23,24). The average molecular weight is 335 g/mol. The minimum atomic E-state index is -0.380. The van der Waals surface area contributed by atoms with Crippen LogP contribution < -0.4 is 10.1 Å². The molecule has 2 aromatic carbocycles. The fraction of sp³-hybridized carbons (Fsp3) is 0.318. The van der Waals surface area contributed by atoms with E-state index in [1.165, 1.54) is 5.56 Å². The maximum absolute atomic E-state index is 11.6. The molecule has 3 heteroatoms. The van der Waals surface area contributed by atoms with Crippen molar-refractivity contribution in [2.24, 2.45) is 0 Å². The monoisotopic (exact) mass is 335 g/mol. The minimum Gasteiger partial charge on any atom is -0.483 e. The molecule has 1 N–H and O–H groups in total. The van der Waals surface area contributed by atoms with Crippen LogP contribution in [0.2, 0.25) is 0 Å². The Morgan fingerprint density at radius 3 is 2.44 bits per heavy atom. The molecule has 1 aliphatic rings. The molecular formula is C22H25NO2. The number of nitrogens with one attached hydrogen (secondary N) is 1. The largest absolute Gasteiger partial charge is 0.483 e. The molecule has 1 atom stereocenters. The van der Waals surface area contributed by atoms with Crippen molar-refractivity contribution < 1.29 is 9.53 Å². The van der Waals surface area contributed by atoms with Crippen LogP contribution in [0.1, 0.15) is 41.7 Å². The Morgan fingerprint density at radius 1 is 1.12 bits per heavy atom. The van der Waals surface area contributed by atoms with Crippen LogP contribution in [0.4, 0.5) is 5.69 Å². The molecule has 0 bridgehead atoms. The van der Waals surface area contributed by atoms with Crippen LogP contribution in [-0.4, -0.2) is 11.5 Å². The summed E-state index contributed by atoms with van der Waals surface area (Å²) in [5.74, 6) is 0.917. The van der Waals surface area contributed by atoms with Gasteiger partial charge in [0.05, 0.1) is 0 Å². The van der Waals surface area contributed by atoms with Crippen molar-refractivity contribution in [3.05, 3.63) is 64.2 Å². The fourth-order valence-corrected chi connectivity index (χ4v) is 3.45. The van der Waals surface area contributed by atoms with Crippen LogP contribution in [-0.2, 0) is 11.2 Å². The average Bonchev–Trinajstić information content (AvgIpc) is 2.94. The Hall–Kier alpha value is -2.55. The summed E-state index contributed by atoms with van der Waals surface area (Å²) in [5.41, 5.74) is 6.16. The van der Waals surface area contributed by atoms with E-state index in [-0.39, 0.29) is 11.5 Å². The summed E-state index contributed by atoms with van der Waals surface area (Å²) in [6, 6.07) is 10.2. The zero-order valence-electron chi connectivity index (χ0n) is 15.6. The highest BCUT2D eigenvalue weighted by Gasteiger charge is 2.36. The molecule has 0 radical (unpaired) electrons. The number of carbonyl (C=O) groups excluding carboxylic acids is 1. The van der Waals surface area contributed by atoms with E-state index in [0.717, 1.165) is 40.1 Å². The number of anilines is 1. The second kappa shape index (κ2) is 6.40. The van der Waals surface area contributed by atoms with E-state index < -0.39 is 0 Å². The quantitative estimate of drug-likeness (QED) is 0.859. The number of rotatable bonds is 3. The maximum Gasteiger partial charge on any atom is 0.221 e. The predicted octanol–water partition coefficient (Wildman–Crippen LogP) is 4.98. The first-order valence-corrected chi connectivity index (χ1v) is 8.64. The molecule has 1 unspecified atom stereocenters. The van der Waals surface area contributed by atoms with E-state index in [1.54, 1.807) is 6.92 Å². The van der Waals surface area contributed by atoms with Gasteiger partial charge in [-0.25, -0.2) is 0 Å². The van der Waals surface area contributed by atoms with E-state index in [2.05, 4.69) is 50.4 Å². The molecule has 0 saturated carbocycles. The summed E-state index contributed by atoms with van der Waals surface area (Å²) >= 11 is 0. The minimum absolute atomic E-state index is 0.0452. The van der Waals surface area contributed by atoms with Crippen molar-refractivity contribution in [2.45, 2.75) is 46.6 Å². The predicted molar refractivity (Wildman–Crippen MR) is 103 cm³/mol. The highest BCUT2D eigenvalue weighted by atomic mass is 16.5. The second-order valence-electron chi connectivity index (χ2n) is 7.07. The van der Waals surface area contributed by atoms with Gasteiger partial charge in [-0.15, -0.1) is 0 Å². The van der Waals surface area contributed by atoms with Crippen molar-refractivity contribution in [1.29, 1.82) is 0 Å². The van der Waals surface area contributed by atoms with Crippen molar-refractivity contribution in [3.8, 4) is 5.75 Å². The van der Waals surface area contributed by atoms with Crippen LogP contribution in [0, 0.1) is 20.8 Å². The number of carbonyl (C=O) groups is 1. The van der Waals surface area contributed by atoms with Crippen LogP contribution in [0.3, 0.4) is 0 Å². The number of fused-ring (bicyclic) bond motifs is 1. The van der Waals surface area contributed by atoms with E-state index in [0.29, 0.717) is 0 Å². The van der Waals surface area contributed by atoms with Gasteiger partial charge in [-0.3, -0.25) is 4.79 Å². The maximum atomic E-state index is 11.6. The molecule has 130 valence electrons. The van der Waals surface area contributed by atoms with Gasteiger partial charge in [-0.05, 0) is 56.0 Å². The summed E-state index contributed by atoms with van der Waals surface area (Å²) < 4.78 is 6.37. The molecule has 0 saturated heterocycles. The van der Waals surface area contributed by atoms with Gasteiger partial charge in [0, 0.05) is 24.6 Å². The smallest absolute Gasteiger partial charge is 0.221 e. The number of benzene rings is 2. The second-order valence-corrected chi connectivity index (χ2v) is 7.07. The third-order valence-corrected chi connectivity index (χ3v) is 4.97. The highest BCUT2D eigenvalue weighted by Crippen LogP contribution is 2.45. The van der Waals surface area contributed by atoms with Gasteiger partial charge in [0.25, 0.3) is 0 Å². The third kappa shape index (κ3) is 3.32. The van der Waals surface area contributed by atoms with Gasteiger partial charge >= 0.3 is 0 Å². The summed E-state index contributed by atoms with van der Waals surface area (Å²) in [5, 5.41) is 2.98. The van der Waals surface area contributed by atoms with Crippen molar-refractivity contribution in [1.82, 2.24) is 0 Å². The Labute approximate surface area is 149 Å². The van der Waals surface area contributed by atoms with E-state index in [1.807, 2.05) is 25.1 Å². The van der Waals surface area contributed by atoms with Crippen molar-refractivity contribution >= 4 is 17.7 Å². The lowest BCUT2D eigenvalue weighted by molar-refractivity contribution is -0.114. The van der Waals surface area contributed by atoms with Gasteiger partial charge in [0.15, 0.2) is 0 Å². The molecule has 0 aliphatic carbocycles. The fourth-order valence-electron chi connectivity index (χ4n) is 3.45. The lowest BCUT2D eigenvalue weighted by Gasteiger charge is -2.20. The van der Waals surface area contributed by atoms with E-state index >= 15 is 0 Å². The zero-order valence-corrected chi connectivity index (χ0v) is 15.6. The Morgan fingerprint density at radius 2 is 1.80 bits per heavy atom. The summed E-state index contributed by atoms with van der Waals surface area (Å²) in [6.07, 6.45) is 5.04. The first-order valence-electron chi connectivity index (χ1n) is 8.64. The molecule has 3 rings (SSSR count). The van der Waals surface area contributed by atoms with Gasteiger partial charge in [-0.1, -0.05) is 36.4 Å². The number of hydrogen-bond acceptors (Lipinski definition) is 2. The molecule has 25 heavy (non-hydrogen) atoms. The van der Waals surface area contributed by atoms with Crippen molar-refractivity contribution in [3.63, 3.8) is 0 Å². The summed E-state index contributed by atoms with van der Waals surface area (Å²) in [6.45, 7) is 9.81. The Balaban J connectivity index is 1.97. The Bertz CT molecular complexity index is 852. The van der Waals surface area contributed by atoms with Crippen LogP contribution >= 0.6 is 0 Å². The molecule has 1 amide bonds. The normalized spacial score (nSPS) is 18.9. The molecule has 1 aliphatic heterocycles. The molecule has 3 nitrogen and oxygen atoms in total. The van der Waals surface area contributed by atoms with Gasteiger partial charge in [0.2, 0.25) is 5.91 Å². The van der Waals surface area contributed by atoms with Crippen molar-refractivity contribution in [2.75, 3.05) is 5.32 Å². The van der Waals surface area contributed by atoms with Gasteiger partial charge in [0.1, 0.15) is 11.4 Å². The zero-order chi connectivity index (χ0) is 18.2. The SMILES string of the molecule is CC(=O)Nc1c(C)c(C)c2c(c1C)CC(C)(C=Cc1ccccc1)O2. The van der Waals surface area contributed by atoms with E-state index in [4.69, 9.17) is 4.74 Å². The highest BCUT2D eigenvalue weighted by molar-refractivity contribution is 5.91. The molecule has 2 aromatic rings. The number of amides is 1. The topological polar surface area (TPSA) is 38.3 Å². The molecular weight excluding hydrogens is 310 g/mol. The van der Waals surface area contributed by atoms with E-state index in [9.17, 15) is 4.79 Å². The lowest BCUT2D eigenvalue weighted by atomic mass is 9.91. The van der Waals surface area contributed by atoms with Crippen LogP contribution in [0.5, 0.6) is 5.75 Å². The van der Waals surface area contributed by atoms with Gasteiger partial charge in [-0.2, -0.15) is 0 Å². The molecule has 0 spiro atoms. The summed E-state index contributed by atoms with van der Waals surface area (Å²) in [4.78, 5) is 11.6. The Kier molecular flexibility index (Phi) is 4.42. The summed E-state index contributed by atoms with van der Waals surface area (Å²) in [7, 11) is 0. The first kappa shape index (κ1) is 17.3.